The van der Waals surface area contributed by atoms with Crippen LogP contribution in [0.1, 0.15) is 0 Å². The number of pyridine rings is 1. The van der Waals surface area contributed by atoms with Crippen LogP contribution < -0.4 is 16.2 Å². The molecule has 98 valence electrons. The summed E-state index contributed by atoms with van der Waals surface area (Å²) < 4.78 is 1.35. The van der Waals surface area contributed by atoms with E-state index in [1.807, 2.05) is 0 Å². The van der Waals surface area contributed by atoms with Crippen molar-refractivity contribution < 1.29 is 9.90 Å². The summed E-state index contributed by atoms with van der Waals surface area (Å²) in [4.78, 5) is 23.1. The average Bonchev–Trinajstić information content (AvgIpc) is 2.75. The minimum absolute atomic E-state index is 0.00984. The third-order valence-corrected chi connectivity index (χ3v) is 3.08. The van der Waals surface area contributed by atoms with Crippen LogP contribution in [0.4, 0.5) is 0 Å². The van der Waals surface area contributed by atoms with Gasteiger partial charge in [-0.2, -0.15) is 0 Å². The van der Waals surface area contributed by atoms with E-state index in [4.69, 9.17) is 0 Å². The summed E-state index contributed by atoms with van der Waals surface area (Å²) in [5.74, 6) is -0.177. The number of nitrogens with one attached hydrogen (secondary N) is 2. The minimum atomic E-state index is -0.412. The predicted octanol–water partition coefficient (Wildman–Crippen LogP) is -1.46. The van der Waals surface area contributed by atoms with Crippen molar-refractivity contribution in [2.45, 2.75) is 12.6 Å². The molecule has 1 aromatic rings. The Bertz CT molecular complexity index is 472. The topological polar surface area (TPSA) is 83.4 Å². The van der Waals surface area contributed by atoms with E-state index in [1.54, 1.807) is 18.3 Å². The second kappa shape index (κ2) is 5.79. The molecule has 1 aromatic heterocycles. The maximum atomic E-state index is 11.7. The second-order valence-electron chi connectivity index (χ2n) is 4.46. The quantitative estimate of drug-likeness (QED) is 0.611. The van der Waals surface area contributed by atoms with Crippen LogP contribution in [0.25, 0.3) is 0 Å². The van der Waals surface area contributed by atoms with Gasteiger partial charge in [-0.1, -0.05) is 6.07 Å². The molecule has 6 heteroatoms. The van der Waals surface area contributed by atoms with Gasteiger partial charge >= 0.3 is 0 Å². The first-order chi connectivity index (χ1) is 8.66. The van der Waals surface area contributed by atoms with Gasteiger partial charge in [0.25, 0.3) is 5.56 Å². The van der Waals surface area contributed by atoms with Gasteiger partial charge in [0.15, 0.2) is 0 Å². The van der Waals surface area contributed by atoms with E-state index < -0.39 is 6.10 Å². The smallest absolute Gasteiger partial charge is 0.250 e. The van der Waals surface area contributed by atoms with Crippen molar-refractivity contribution in [1.82, 2.24) is 15.2 Å². The molecule has 1 aliphatic rings. The number of hydrogen-bond acceptors (Lipinski definition) is 4. The maximum absolute atomic E-state index is 11.7. The third-order valence-electron chi connectivity index (χ3n) is 3.08. The molecule has 1 fully saturated rings. The highest BCUT2D eigenvalue weighted by Crippen LogP contribution is 2.06. The van der Waals surface area contributed by atoms with E-state index in [9.17, 15) is 14.7 Å². The van der Waals surface area contributed by atoms with Crippen molar-refractivity contribution in [2.75, 3.05) is 19.6 Å². The highest BCUT2D eigenvalue weighted by Gasteiger charge is 2.24. The van der Waals surface area contributed by atoms with Crippen molar-refractivity contribution >= 4 is 5.91 Å². The number of carbonyl (C=O) groups excluding carboxylic acids is 1. The molecule has 0 spiro atoms. The number of aliphatic hydroxyl groups excluding tert-OH is 1. The zero-order valence-electron chi connectivity index (χ0n) is 10.0. The monoisotopic (exact) mass is 251 g/mol. The molecule has 0 bridgehead atoms. The fourth-order valence-electron chi connectivity index (χ4n) is 1.97. The zero-order valence-corrected chi connectivity index (χ0v) is 10.0. The van der Waals surface area contributed by atoms with E-state index in [0.29, 0.717) is 19.6 Å². The fourth-order valence-corrected chi connectivity index (χ4v) is 1.97. The number of carbonyl (C=O) groups is 1. The molecule has 3 N–H and O–H groups in total. The summed E-state index contributed by atoms with van der Waals surface area (Å²) in [6, 6.07) is 4.76. The molecule has 1 aliphatic heterocycles. The van der Waals surface area contributed by atoms with Gasteiger partial charge in [0, 0.05) is 37.8 Å². The van der Waals surface area contributed by atoms with Gasteiger partial charge in [-0.3, -0.25) is 9.59 Å². The second-order valence-corrected chi connectivity index (χ2v) is 4.46. The number of amides is 1. The van der Waals surface area contributed by atoms with Crippen LogP contribution >= 0.6 is 0 Å². The number of hydrogen-bond donors (Lipinski definition) is 3. The molecule has 0 aliphatic carbocycles. The lowest BCUT2D eigenvalue weighted by Gasteiger charge is -2.14. The fraction of sp³-hybridized carbons (Fsp3) is 0.500. The Balaban J connectivity index is 1.82. The molecule has 0 radical (unpaired) electrons. The van der Waals surface area contributed by atoms with Crippen LogP contribution in [0, 0.1) is 5.92 Å². The Labute approximate surface area is 105 Å². The summed E-state index contributed by atoms with van der Waals surface area (Å²) in [5.41, 5.74) is -0.199. The summed E-state index contributed by atoms with van der Waals surface area (Å²) in [6.07, 6.45) is 1.16. The summed E-state index contributed by atoms with van der Waals surface area (Å²) in [7, 11) is 0. The van der Waals surface area contributed by atoms with Crippen molar-refractivity contribution in [3.8, 4) is 0 Å². The molecular weight excluding hydrogens is 234 g/mol. The Morgan fingerprint density at radius 3 is 3.00 bits per heavy atom. The molecule has 0 aromatic carbocycles. The Kier molecular flexibility index (Phi) is 4.11. The first kappa shape index (κ1) is 12.8. The number of β-amino-alcohol motifs (C(OH)–C–C–N with tert-alkyl or cyclic N) is 1. The largest absolute Gasteiger partial charge is 0.391 e. The molecule has 2 atom stereocenters. The Morgan fingerprint density at radius 2 is 2.33 bits per heavy atom. The Hall–Kier alpha value is -1.66. The first-order valence-electron chi connectivity index (χ1n) is 5.98. The van der Waals surface area contributed by atoms with Crippen molar-refractivity contribution in [1.29, 1.82) is 0 Å². The molecule has 1 saturated heterocycles. The lowest BCUT2D eigenvalue weighted by atomic mass is 10.1. The lowest BCUT2D eigenvalue weighted by Crippen LogP contribution is -2.37. The van der Waals surface area contributed by atoms with Gasteiger partial charge in [-0.05, 0) is 6.07 Å². The van der Waals surface area contributed by atoms with Crippen LogP contribution in [0.5, 0.6) is 0 Å². The molecule has 6 nitrogen and oxygen atoms in total. The number of rotatable bonds is 4. The number of aromatic nitrogens is 1. The highest BCUT2D eigenvalue weighted by molar-refractivity contribution is 5.75. The normalized spacial score (nSPS) is 22.9. The Morgan fingerprint density at radius 1 is 1.50 bits per heavy atom. The number of aliphatic hydroxyl groups is 1. The zero-order chi connectivity index (χ0) is 13.0. The summed E-state index contributed by atoms with van der Waals surface area (Å²) in [5, 5.41) is 15.3. The van der Waals surface area contributed by atoms with Crippen LogP contribution in [0.3, 0.4) is 0 Å². The van der Waals surface area contributed by atoms with Gasteiger partial charge in [0.2, 0.25) is 5.91 Å². The highest BCUT2D eigenvalue weighted by atomic mass is 16.3. The first-order valence-corrected chi connectivity index (χ1v) is 5.98. The van der Waals surface area contributed by atoms with Gasteiger partial charge in [0.1, 0.15) is 6.54 Å². The molecular formula is C12H17N3O3. The van der Waals surface area contributed by atoms with Gasteiger partial charge in [-0.25, -0.2) is 0 Å². The average molecular weight is 251 g/mol. The minimum Gasteiger partial charge on any atom is -0.391 e. The third kappa shape index (κ3) is 3.18. The van der Waals surface area contributed by atoms with Crippen LogP contribution in [0.2, 0.25) is 0 Å². The van der Waals surface area contributed by atoms with Crippen LogP contribution in [-0.2, 0) is 11.3 Å². The molecule has 0 saturated carbocycles. The van der Waals surface area contributed by atoms with Crippen molar-refractivity contribution in [3.63, 3.8) is 0 Å². The van der Waals surface area contributed by atoms with E-state index >= 15 is 0 Å². The van der Waals surface area contributed by atoms with E-state index in [2.05, 4.69) is 10.6 Å². The SMILES string of the molecule is O=C(Cn1ccccc1=O)NCC1CNCC1O. The predicted molar refractivity (Wildman–Crippen MR) is 66.1 cm³/mol. The van der Waals surface area contributed by atoms with Gasteiger partial charge in [0.05, 0.1) is 6.10 Å². The van der Waals surface area contributed by atoms with Crippen LogP contribution in [0.15, 0.2) is 29.2 Å². The molecule has 1 amide bonds. The standard InChI is InChI=1S/C12H17N3O3/c16-10-7-13-5-9(10)6-14-11(17)8-15-4-2-1-3-12(15)18/h1-4,9-10,13,16H,5-8H2,(H,14,17). The maximum Gasteiger partial charge on any atom is 0.250 e. The van der Waals surface area contributed by atoms with E-state index in [0.717, 1.165) is 0 Å². The molecule has 2 heterocycles. The van der Waals surface area contributed by atoms with Crippen molar-refractivity contribution in [2.24, 2.45) is 5.92 Å². The lowest BCUT2D eigenvalue weighted by molar-refractivity contribution is -0.122. The van der Waals surface area contributed by atoms with Crippen molar-refractivity contribution in [3.05, 3.63) is 34.7 Å². The van der Waals surface area contributed by atoms with Crippen LogP contribution in [-0.4, -0.2) is 41.3 Å². The van der Waals surface area contributed by atoms with Gasteiger partial charge in [-0.15, -0.1) is 0 Å². The van der Waals surface area contributed by atoms with Gasteiger partial charge < -0.3 is 20.3 Å². The molecule has 2 rings (SSSR count). The molecule has 2 unspecified atom stereocenters. The van der Waals surface area contributed by atoms with E-state index in [-0.39, 0.29) is 23.9 Å². The summed E-state index contributed by atoms with van der Waals surface area (Å²) >= 11 is 0. The molecule has 18 heavy (non-hydrogen) atoms. The number of nitrogens with zero attached hydrogens (tertiary/aromatic N) is 1. The van der Waals surface area contributed by atoms with E-state index in [1.165, 1.54) is 10.6 Å². The summed E-state index contributed by atoms with van der Waals surface area (Å²) in [6.45, 7) is 1.70.